The Morgan fingerprint density at radius 2 is 1.68 bits per heavy atom. The Kier molecular flexibility index (Phi) is 6.10. The number of hydrogen-bond acceptors (Lipinski definition) is 4. The van der Waals surface area contributed by atoms with Gasteiger partial charge in [-0.1, -0.05) is 23.7 Å². The minimum Gasteiger partial charge on any atom is -0.368 e. The van der Waals surface area contributed by atoms with Crippen molar-refractivity contribution >= 4 is 38.9 Å². The van der Waals surface area contributed by atoms with Crippen LogP contribution in [0.15, 0.2) is 48.5 Å². The third-order valence-electron chi connectivity index (χ3n) is 4.62. The first-order valence-electron chi connectivity index (χ1n) is 8.76. The van der Waals surface area contributed by atoms with Crippen LogP contribution in [0.2, 0.25) is 5.02 Å². The molecule has 1 amide bonds. The van der Waals surface area contributed by atoms with Gasteiger partial charge in [0.25, 0.3) is 0 Å². The summed E-state index contributed by atoms with van der Waals surface area (Å²) >= 11 is 6.13. The number of anilines is 2. The van der Waals surface area contributed by atoms with Crippen molar-refractivity contribution in [1.29, 1.82) is 0 Å². The van der Waals surface area contributed by atoms with E-state index in [-0.39, 0.29) is 29.0 Å². The Hall–Kier alpha value is -2.32. The molecule has 28 heavy (non-hydrogen) atoms. The molecule has 0 spiro atoms. The molecule has 0 aliphatic carbocycles. The average Bonchev–Trinajstić information content (AvgIpc) is 2.66. The van der Waals surface area contributed by atoms with Gasteiger partial charge in [0.15, 0.2) is 0 Å². The summed E-state index contributed by atoms with van der Waals surface area (Å²) in [5, 5.41) is 0.266. The number of sulfonamides is 1. The first kappa shape index (κ1) is 20.4. The van der Waals surface area contributed by atoms with E-state index < -0.39 is 10.0 Å². The highest BCUT2D eigenvalue weighted by Crippen LogP contribution is 2.27. The SMILES string of the molecule is CS(=O)(=O)N(CC(=O)N1CCN(c2ccc(F)cc2)CC1)c1ccccc1Cl. The third kappa shape index (κ3) is 4.74. The van der Waals surface area contributed by atoms with Crippen molar-refractivity contribution < 1.29 is 17.6 Å². The van der Waals surface area contributed by atoms with Gasteiger partial charge in [0.1, 0.15) is 12.4 Å². The summed E-state index contributed by atoms with van der Waals surface area (Å²) in [6.45, 7) is 1.77. The Bertz CT molecular complexity index is 945. The number of nitrogens with zero attached hydrogens (tertiary/aromatic N) is 3. The maximum atomic E-state index is 13.1. The summed E-state index contributed by atoms with van der Waals surface area (Å²) in [4.78, 5) is 16.4. The molecule has 0 radical (unpaired) electrons. The monoisotopic (exact) mass is 425 g/mol. The van der Waals surface area contributed by atoms with Gasteiger partial charge in [-0.25, -0.2) is 12.8 Å². The second kappa shape index (κ2) is 8.36. The Morgan fingerprint density at radius 3 is 2.25 bits per heavy atom. The molecule has 0 saturated carbocycles. The lowest BCUT2D eigenvalue weighted by Gasteiger charge is -2.37. The molecule has 1 aliphatic rings. The topological polar surface area (TPSA) is 60.9 Å². The molecule has 9 heteroatoms. The molecule has 1 saturated heterocycles. The highest BCUT2D eigenvalue weighted by molar-refractivity contribution is 7.92. The van der Waals surface area contributed by atoms with E-state index in [1.54, 1.807) is 41.3 Å². The fraction of sp³-hybridized carbons (Fsp3) is 0.316. The van der Waals surface area contributed by atoms with E-state index in [9.17, 15) is 17.6 Å². The van der Waals surface area contributed by atoms with Gasteiger partial charge >= 0.3 is 0 Å². The first-order chi connectivity index (χ1) is 13.3. The predicted molar refractivity (Wildman–Crippen MR) is 109 cm³/mol. The number of benzene rings is 2. The van der Waals surface area contributed by atoms with E-state index in [1.807, 2.05) is 0 Å². The Balaban J connectivity index is 1.67. The molecule has 3 rings (SSSR count). The zero-order valence-electron chi connectivity index (χ0n) is 15.4. The van der Waals surface area contributed by atoms with E-state index in [2.05, 4.69) is 4.90 Å². The van der Waals surface area contributed by atoms with Crippen LogP contribution in [0.1, 0.15) is 0 Å². The lowest BCUT2D eigenvalue weighted by molar-refractivity contribution is -0.129. The van der Waals surface area contributed by atoms with E-state index in [0.29, 0.717) is 26.2 Å². The van der Waals surface area contributed by atoms with Crippen molar-refractivity contribution in [2.24, 2.45) is 0 Å². The fourth-order valence-electron chi connectivity index (χ4n) is 3.12. The van der Waals surface area contributed by atoms with Crippen LogP contribution in [-0.4, -0.2) is 58.2 Å². The zero-order chi connectivity index (χ0) is 20.3. The molecule has 1 heterocycles. The lowest BCUT2D eigenvalue weighted by atomic mass is 10.2. The summed E-state index contributed by atoms with van der Waals surface area (Å²) in [6.07, 6.45) is 1.05. The van der Waals surface area contributed by atoms with Gasteiger partial charge in [0, 0.05) is 31.9 Å². The van der Waals surface area contributed by atoms with Gasteiger partial charge in [-0.2, -0.15) is 0 Å². The van der Waals surface area contributed by atoms with Gasteiger partial charge in [-0.15, -0.1) is 0 Å². The molecule has 2 aromatic rings. The molecule has 0 atom stereocenters. The molecular weight excluding hydrogens is 405 g/mol. The number of amides is 1. The van der Waals surface area contributed by atoms with Gasteiger partial charge in [0.2, 0.25) is 15.9 Å². The largest absolute Gasteiger partial charge is 0.368 e. The highest BCUT2D eigenvalue weighted by Gasteiger charge is 2.27. The Morgan fingerprint density at radius 1 is 1.07 bits per heavy atom. The van der Waals surface area contributed by atoms with Crippen molar-refractivity contribution in [1.82, 2.24) is 4.90 Å². The standard InChI is InChI=1S/C19H21ClFN3O3S/c1-28(26,27)24(18-5-3-2-4-17(18)20)14-19(25)23-12-10-22(11-13-23)16-8-6-15(21)7-9-16/h2-9H,10-14H2,1H3. The van der Waals surface area contributed by atoms with Gasteiger partial charge in [-0.3, -0.25) is 9.10 Å². The van der Waals surface area contributed by atoms with E-state index in [1.165, 1.54) is 12.1 Å². The molecular formula is C19H21ClFN3O3S. The summed E-state index contributed by atoms with van der Waals surface area (Å²) in [6, 6.07) is 12.7. The quantitative estimate of drug-likeness (QED) is 0.738. The van der Waals surface area contributed by atoms with Crippen molar-refractivity contribution in [3.8, 4) is 0 Å². The van der Waals surface area contributed by atoms with Crippen LogP contribution < -0.4 is 9.21 Å². The van der Waals surface area contributed by atoms with Crippen molar-refractivity contribution in [3.63, 3.8) is 0 Å². The molecule has 2 aromatic carbocycles. The van der Waals surface area contributed by atoms with Gasteiger partial charge in [0.05, 0.1) is 17.0 Å². The minimum atomic E-state index is -3.68. The molecule has 6 nitrogen and oxygen atoms in total. The smallest absolute Gasteiger partial charge is 0.243 e. The second-order valence-corrected chi connectivity index (χ2v) is 8.88. The third-order valence-corrected chi connectivity index (χ3v) is 6.07. The van der Waals surface area contributed by atoms with Crippen molar-refractivity contribution in [2.75, 3.05) is 48.2 Å². The maximum absolute atomic E-state index is 13.1. The van der Waals surface area contributed by atoms with Crippen molar-refractivity contribution in [3.05, 3.63) is 59.4 Å². The zero-order valence-corrected chi connectivity index (χ0v) is 17.0. The average molecular weight is 426 g/mol. The van der Waals surface area contributed by atoms with Crippen LogP contribution in [0.25, 0.3) is 0 Å². The minimum absolute atomic E-state index is 0.266. The number of para-hydroxylation sites is 1. The van der Waals surface area contributed by atoms with Crippen molar-refractivity contribution in [2.45, 2.75) is 0 Å². The normalized spacial score (nSPS) is 14.8. The second-order valence-electron chi connectivity index (χ2n) is 6.57. The molecule has 0 bridgehead atoms. The lowest BCUT2D eigenvalue weighted by Crippen LogP contribution is -2.52. The van der Waals surface area contributed by atoms with E-state index >= 15 is 0 Å². The van der Waals surface area contributed by atoms with Crippen LogP contribution >= 0.6 is 11.6 Å². The van der Waals surface area contributed by atoms with E-state index in [0.717, 1.165) is 16.2 Å². The molecule has 1 aliphatic heterocycles. The van der Waals surface area contributed by atoms with Crippen LogP contribution in [0, 0.1) is 5.82 Å². The molecule has 1 fully saturated rings. The number of rotatable bonds is 5. The Labute approximate surface area is 169 Å². The van der Waals surface area contributed by atoms with Crippen LogP contribution in [0.3, 0.4) is 0 Å². The summed E-state index contributed by atoms with van der Waals surface area (Å²) < 4.78 is 38.6. The van der Waals surface area contributed by atoms with Crippen LogP contribution in [0.5, 0.6) is 0 Å². The number of halogens is 2. The summed E-state index contributed by atoms with van der Waals surface area (Å²) in [5.41, 5.74) is 1.17. The molecule has 0 N–H and O–H groups in total. The summed E-state index contributed by atoms with van der Waals surface area (Å²) in [5.74, 6) is -0.581. The fourth-order valence-corrected chi connectivity index (χ4v) is 4.27. The number of carbonyl (C=O) groups is 1. The van der Waals surface area contributed by atoms with Crippen LogP contribution in [-0.2, 0) is 14.8 Å². The van der Waals surface area contributed by atoms with Gasteiger partial charge < -0.3 is 9.80 Å². The number of carbonyl (C=O) groups excluding carboxylic acids is 1. The highest BCUT2D eigenvalue weighted by atomic mass is 35.5. The van der Waals surface area contributed by atoms with Gasteiger partial charge in [-0.05, 0) is 36.4 Å². The number of piperazine rings is 1. The predicted octanol–water partition coefficient (Wildman–Crippen LogP) is 2.59. The maximum Gasteiger partial charge on any atom is 0.243 e. The molecule has 0 aromatic heterocycles. The number of hydrogen-bond donors (Lipinski definition) is 0. The molecule has 0 unspecified atom stereocenters. The van der Waals surface area contributed by atoms with Crippen LogP contribution in [0.4, 0.5) is 15.8 Å². The molecule has 150 valence electrons. The van der Waals surface area contributed by atoms with E-state index in [4.69, 9.17) is 11.6 Å². The summed E-state index contributed by atoms with van der Waals surface area (Å²) in [7, 11) is -3.68. The first-order valence-corrected chi connectivity index (χ1v) is 11.0.